The summed E-state index contributed by atoms with van der Waals surface area (Å²) in [6.07, 6.45) is 0.323. The largest absolute Gasteiger partial charge is 0.359 e. The smallest absolute Gasteiger partial charge is 0.255 e. The lowest BCUT2D eigenvalue weighted by Gasteiger charge is -2.15. The zero-order valence-electron chi connectivity index (χ0n) is 10.8. The zero-order chi connectivity index (χ0) is 14.0. The van der Waals surface area contributed by atoms with Gasteiger partial charge in [-0.2, -0.15) is 0 Å². The first-order valence-electron chi connectivity index (χ1n) is 5.97. The van der Waals surface area contributed by atoms with Crippen molar-refractivity contribution in [2.45, 2.75) is 19.4 Å². The van der Waals surface area contributed by atoms with Crippen molar-refractivity contribution in [1.29, 1.82) is 0 Å². The van der Waals surface area contributed by atoms with Gasteiger partial charge in [0.1, 0.15) is 6.04 Å². The van der Waals surface area contributed by atoms with Crippen LogP contribution in [0.15, 0.2) is 24.3 Å². The van der Waals surface area contributed by atoms with E-state index in [4.69, 9.17) is 12.2 Å². The molecular formula is C13H15N3O2S. The quantitative estimate of drug-likeness (QED) is 0.794. The summed E-state index contributed by atoms with van der Waals surface area (Å²) in [5, 5.41) is 5.90. The minimum absolute atomic E-state index is 0.0455. The Morgan fingerprint density at radius 2 is 2.05 bits per heavy atom. The van der Waals surface area contributed by atoms with Gasteiger partial charge in [-0.25, -0.2) is 0 Å². The van der Waals surface area contributed by atoms with E-state index in [0.29, 0.717) is 17.2 Å². The first-order chi connectivity index (χ1) is 9.02. The molecule has 0 radical (unpaired) electrons. The van der Waals surface area contributed by atoms with Gasteiger partial charge in [-0.3, -0.25) is 14.5 Å². The summed E-state index contributed by atoms with van der Waals surface area (Å²) in [7, 11) is 1.60. The molecule has 2 N–H and O–H groups in total. The minimum atomic E-state index is -0.293. The monoisotopic (exact) mass is 277 g/mol. The molecule has 0 bridgehead atoms. The molecule has 0 spiro atoms. The van der Waals surface area contributed by atoms with Crippen LogP contribution in [0.1, 0.15) is 12.5 Å². The van der Waals surface area contributed by atoms with Gasteiger partial charge < -0.3 is 10.6 Å². The van der Waals surface area contributed by atoms with Crippen LogP contribution in [-0.4, -0.2) is 30.0 Å². The number of likely N-dealkylation sites (N-methyl/N-ethyl adjacent to an activating group) is 1. The Bertz CT molecular complexity index is 527. The van der Waals surface area contributed by atoms with Crippen molar-refractivity contribution in [3.63, 3.8) is 0 Å². The van der Waals surface area contributed by atoms with E-state index in [1.165, 1.54) is 4.90 Å². The summed E-state index contributed by atoms with van der Waals surface area (Å²) in [4.78, 5) is 24.7. The number of thiocarbonyl (C=S) groups is 1. The Labute approximate surface area is 117 Å². The predicted octanol–water partition coefficient (Wildman–Crippen LogP) is 0.585. The van der Waals surface area contributed by atoms with Crippen LogP contribution in [0, 0.1) is 0 Å². The fraction of sp³-hybridized carbons (Fsp3) is 0.308. The van der Waals surface area contributed by atoms with Gasteiger partial charge >= 0.3 is 0 Å². The van der Waals surface area contributed by atoms with Gasteiger partial charge in [-0.05, 0) is 36.8 Å². The molecule has 1 atom stereocenters. The number of benzene rings is 1. The standard InChI is InChI=1S/C13H15N3O2S/c1-8-12(18)16(13(19)15-8)10-5-3-9(4-6-10)7-11(17)14-2/h3-6,8H,7H2,1-2H3,(H,14,17)(H,15,19)/t8-/m1/s1. The highest BCUT2D eigenvalue weighted by molar-refractivity contribution is 7.80. The highest BCUT2D eigenvalue weighted by atomic mass is 32.1. The summed E-state index contributed by atoms with van der Waals surface area (Å²) in [5.41, 5.74) is 1.61. The normalized spacial score (nSPS) is 18.4. The number of rotatable bonds is 3. The molecule has 1 saturated heterocycles. The molecule has 0 saturated carbocycles. The van der Waals surface area contributed by atoms with Crippen LogP contribution >= 0.6 is 12.2 Å². The summed E-state index contributed by atoms with van der Waals surface area (Å²) in [6.45, 7) is 1.77. The SMILES string of the molecule is CNC(=O)Cc1ccc(N2C(=O)[C@@H](C)NC2=S)cc1. The van der Waals surface area contributed by atoms with E-state index in [0.717, 1.165) is 5.56 Å². The number of carbonyl (C=O) groups is 2. The van der Waals surface area contributed by atoms with Crippen molar-refractivity contribution in [3.8, 4) is 0 Å². The maximum absolute atomic E-state index is 11.9. The average Bonchev–Trinajstić information content (AvgIpc) is 2.64. The van der Waals surface area contributed by atoms with Gasteiger partial charge in [0.05, 0.1) is 12.1 Å². The van der Waals surface area contributed by atoms with E-state index in [9.17, 15) is 9.59 Å². The second-order valence-electron chi connectivity index (χ2n) is 4.36. The highest BCUT2D eigenvalue weighted by Crippen LogP contribution is 2.20. The molecule has 1 aromatic rings. The number of carbonyl (C=O) groups excluding carboxylic acids is 2. The van der Waals surface area contributed by atoms with Crippen molar-refractivity contribution in [2.24, 2.45) is 0 Å². The van der Waals surface area contributed by atoms with E-state index >= 15 is 0 Å². The number of nitrogens with zero attached hydrogens (tertiary/aromatic N) is 1. The average molecular weight is 277 g/mol. The number of amides is 2. The maximum atomic E-state index is 11.9. The Morgan fingerprint density at radius 1 is 1.42 bits per heavy atom. The van der Waals surface area contributed by atoms with Crippen LogP contribution in [0.3, 0.4) is 0 Å². The van der Waals surface area contributed by atoms with Crippen LogP contribution in [0.4, 0.5) is 5.69 Å². The van der Waals surface area contributed by atoms with Crippen LogP contribution in [0.25, 0.3) is 0 Å². The van der Waals surface area contributed by atoms with Crippen molar-refractivity contribution in [2.75, 3.05) is 11.9 Å². The van der Waals surface area contributed by atoms with Crippen molar-refractivity contribution >= 4 is 34.8 Å². The fourth-order valence-electron chi connectivity index (χ4n) is 1.89. The molecular weight excluding hydrogens is 262 g/mol. The van der Waals surface area contributed by atoms with Gasteiger partial charge in [-0.1, -0.05) is 12.1 Å². The minimum Gasteiger partial charge on any atom is -0.359 e. The molecule has 19 heavy (non-hydrogen) atoms. The Hall–Kier alpha value is -1.95. The third-order valence-corrected chi connectivity index (χ3v) is 3.27. The second kappa shape index (κ2) is 5.36. The van der Waals surface area contributed by atoms with Gasteiger partial charge in [0.15, 0.2) is 5.11 Å². The van der Waals surface area contributed by atoms with E-state index in [1.54, 1.807) is 26.1 Å². The van der Waals surface area contributed by atoms with Crippen LogP contribution in [0.5, 0.6) is 0 Å². The lowest BCUT2D eigenvalue weighted by atomic mass is 10.1. The number of hydrogen-bond acceptors (Lipinski definition) is 3. The molecule has 2 rings (SSSR count). The third-order valence-electron chi connectivity index (χ3n) is 2.97. The molecule has 5 nitrogen and oxygen atoms in total. The third kappa shape index (κ3) is 2.73. The molecule has 0 aromatic heterocycles. The van der Waals surface area contributed by atoms with Gasteiger partial charge in [0, 0.05) is 7.05 Å². The zero-order valence-corrected chi connectivity index (χ0v) is 11.6. The summed E-state index contributed by atoms with van der Waals surface area (Å²) < 4.78 is 0. The Balaban J connectivity index is 2.17. The van der Waals surface area contributed by atoms with Crippen LogP contribution < -0.4 is 15.5 Å². The Kier molecular flexibility index (Phi) is 3.80. The van der Waals surface area contributed by atoms with E-state index in [1.807, 2.05) is 12.1 Å². The Morgan fingerprint density at radius 3 is 2.53 bits per heavy atom. The maximum Gasteiger partial charge on any atom is 0.255 e. The van der Waals surface area contributed by atoms with Gasteiger partial charge in [0.2, 0.25) is 5.91 Å². The summed E-state index contributed by atoms with van der Waals surface area (Å²) in [6, 6.07) is 6.94. The predicted molar refractivity (Wildman–Crippen MR) is 76.9 cm³/mol. The highest BCUT2D eigenvalue weighted by Gasteiger charge is 2.33. The second-order valence-corrected chi connectivity index (χ2v) is 4.75. The van der Waals surface area contributed by atoms with Crippen LogP contribution in [-0.2, 0) is 16.0 Å². The molecule has 0 aliphatic carbocycles. The lowest BCUT2D eigenvalue weighted by molar-refractivity contribution is -0.120. The topological polar surface area (TPSA) is 61.4 Å². The molecule has 1 fully saturated rings. The number of anilines is 1. The molecule has 0 unspecified atom stereocenters. The molecule has 1 aliphatic heterocycles. The van der Waals surface area contributed by atoms with E-state index in [2.05, 4.69) is 10.6 Å². The van der Waals surface area contributed by atoms with Crippen molar-refractivity contribution in [1.82, 2.24) is 10.6 Å². The molecule has 100 valence electrons. The van der Waals surface area contributed by atoms with E-state index < -0.39 is 0 Å². The fourth-order valence-corrected chi connectivity index (χ4v) is 2.26. The van der Waals surface area contributed by atoms with Gasteiger partial charge in [0.25, 0.3) is 5.91 Å². The van der Waals surface area contributed by atoms with Crippen molar-refractivity contribution < 1.29 is 9.59 Å². The molecule has 6 heteroatoms. The number of nitrogens with one attached hydrogen (secondary N) is 2. The lowest BCUT2D eigenvalue weighted by Crippen LogP contribution is -2.30. The first kappa shape index (κ1) is 13.5. The molecule has 1 heterocycles. The molecule has 2 amide bonds. The summed E-state index contributed by atoms with van der Waals surface area (Å²) >= 11 is 5.13. The first-order valence-corrected chi connectivity index (χ1v) is 6.37. The molecule has 1 aromatic carbocycles. The van der Waals surface area contributed by atoms with Crippen LogP contribution in [0.2, 0.25) is 0 Å². The number of hydrogen-bond donors (Lipinski definition) is 2. The summed E-state index contributed by atoms with van der Waals surface area (Å²) in [5.74, 6) is -0.111. The van der Waals surface area contributed by atoms with E-state index in [-0.39, 0.29) is 17.9 Å². The van der Waals surface area contributed by atoms with Gasteiger partial charge in [-0.15, -0.1) is 0 Å². The molecule has 1 aliphatic rings. The van der Waals surface area contributed by atoms with Crippen molar-refractivity contribution in [3.05, 3.63) is 29.8 Å².